The Kier molecular flexibility index (Phi) is 3.85. The molecule has 1 fully saturated rings. The molecule has 1 atom stereocenters. The van der Waals surface area contributed by atoms with E-state index in [0.717, 1.165) is 27.7 Å². The van der Waals surface area contributed by atoms with E-state index in [1.807, 2.05) is 32.9 Å². The summed E-state index contributed by atoms with van der Waals surface area (Å²) in [6.45, 7) is 6.62. The van der Waals surface area contributed by atoms with Crippen molar-refractivity contribution < 1.29 is 18.7 Å². The van der Waals surface area contributed by atoms with Crippen LogP contribution in [0.4, 0.5) is 0 Å². The van der Waals surface area contributed by atoms with Gasteiger partial charge < -0.3 is 19.8 Å². The molecule has 0 saturated carbocycles. The van der Waals surface area contributed by atoms with E-state index in [0.29, 0.717) is 13.2 Å². The van der Waals surface area contributed by atoms with E-state index in [2.05, 4.69) is 0 Å². The monoisotopic (exact) mass is 316 g/mol. The molecule has 2 aromatic rings. The van der Waals surface area contributed by atoms with Crippen molar-refractivity contribution in [2.45, 2.75) is 26.8 Å². The van der Waals surface area contributed by atoms with Crippen LogP contribution in [0.1, 0.15) is 27.2 Å². The van der Waals surface area contributed by atoms with Crippen LogP contribution in [0.3, 0.4) is 0 Å². The maximum absolute atomic E-state index is 12.9. The summed E-state index contributed by atoms with van der Waals surface area (Å²) in [6.07, 6.45) is 0. The molecule has 1 aliphatic heterocycles. The van der Waals surface area contributed by atoms with Crippen LogP contribution >= 0.6 is 0 Å². The predicted molar refractivity (Wildman–Crippen MR) is 85.3 cm³/mol. The first-order valence-corrected chi connectivity index (χ1v) is 7.59. The number of furan rings is 1. The molecular weight excluding hydrogens is 296 g/mol. The first-order chi connectivity index (χ1) is 10.9. The zero-order valence-electron chi connectivity index (χ0n) is 13.5. The summed E-state index contributed by atoms with van der Waals surface area (Å²) in [6, 6.07) is 3.22. The molecule has 2 N–H and O–H groups in total. The Balaban J connectivity index is 2.07. The molecule has 0 radical (unpaired) electrons. The Bertz CT molecular complexity index is 793. The summed E-state index contributed by atoms with van der Waals surface area (Å²) < 4.78 is 11.1. The fourth-order valence-corrected chi connectivity index (χ4v) is 3.09. The normalized spacial score (nSPS) is 18.4. The zero-order valence-corrected chi connectivity index (χ0v) is 13.5. The molecule has 23 heavy (non-hydrogen) atoms. The Morgan fingerprint density at radius 3 is 2.57 bits per heavy atom. The molecule has 1 aliphatic rings. The number of carbonyl (C=O) groups is 2. The second-order valence-electron chi connectivity index (χ2n) is 5.95. The predicted octanol–water partition coefficient (Wildman–Crippen LogP) is 1.68. The van der Waals surface area contributed by atoms with E-state index in [-0.39, 0.29) is 18.3 Å². The van der Waals surface area contributed by atoms with Crippen molar-refractivity contribution in [3.05, 3.63) is 34.6 Å². The molecule has 122 valence electrons. The maximum Gasteiger partial charge on any atom is 0.290 e. The number of hydrogen-bond donors (Lipinski definition) is 1. The molecule has 0 bridgehead atoms. The largest absolute Gasteiger partial charge is 0.450 e. The second-order valence-corrected chi connectivity index (χ2v) is 5.95. The fraction of sp³-hybridized carbons (Fsp3) is 0.412. The van der Waals surface area contributed by atoms with E-state index in [9.17, 15) is 9.59 Å². The van der Waals surface area contributed by atoms with Gasteiger partial charge >= 0.3 is 0 Å². The summed E-state index contributed by atoms with van der Waals surface area (Å²) in [5, 5.41) is 0.956. The van der Waals surface area contributed by atoms with Crippen LogP contribution in [0.5, 0.6) is 0 Å². The van der Waals surface area contributed by atoms with Crippen LogP contribution in [0.15, 0.2) is 16.5 Å². The highest BCUT2D eigenvalue weighted by Gasteiger charge is 2.34. The first-order valence-electron chi connectivity index (χ1n) is 7.59. The third-order valence-electron chi connectivity index (χ3n) is 4.39. The topological polar surface area (TPSA) is 85.8 Å². The molecule has 2 heterocycles. The molecular formula is C17H20N2O4. The number of amides is 2. The lowest BCUT2D eigenvalue weighted by molar-refractivity contribution is -0.127. The SMILES string of the molecule is Cc1ccc(C)c2c(C)c(C(=O)N3CCOCC3C(N)=O)oc12. The molecule has 6 heteroatoms. The molecule has 2 amide bonds. The van der Waals surface area contributed by atoms with Gasteiger partial charge in [0.2, 0.25) is 5.91 Å². The number of nitrogens with zero attached hydrogens (tertiary/aromatic N) is 1. The van der Waals surface area contributed by atoms with Crippen molar-refractivity contribution >= 4 is 22.8 Å². The number of aryl methyl sites for hydroxylation is 3. The van der Waals surface area contributed by atoms with Gasteiger partial charge in [0, 0.05) is 17.5 Å². The van der Waals surface area contributed by atoms with Crippen molar-refractivity contribution in [1.82, 2.24) is 4.90 Å². The highest BCUT2D eigenvalue weighted by Crippen LogP contribution is 2.31. The van der Waals surface area contributed by atoms with E-state index in [1.54, 1.807) is 0 Å². The third-order valence-corrected chi connectivity index (χ3v) is 4.39. The average molecular weight is 316 g/mol. The molecule has 0 aliphatic carbocycles. The molecule has 0 spiro atoms. The van der Waals surface area contributed by atoms with Gasteiger partial charge in [0.1, 0.15) is 11.6 Å². The summed E-state index contributed by atoms with van der Waals surface area (Å²) in [4.78, 5) is 25.9. The van der Waals surface area contributed by atoms with Crippen molar-refractivity contribution in [1.29, 1.82) is 0 Å². The summed E-state index contributed by atoms with van der Waals surface area (Å²) in [5.41, 5.74) is 8.93. The van der Waals surface area contributed by atoms with Crippen molar-refractivity contribution in [2.24, 2.45) is 5.73 Å². The highest BCUT2D eigenvalue weighted by molar-refractivity contribution is 6.02. The van der Waals surface area contributed by atoms with E-state index in [1.165, 1.54) is 4.90 Å². The van der Waals surface area contributed by atoms with Crippen molar-refractivity contribution in [3.63, 3.8) is 0 Å². The van der Waals surface area contributed by atoms with Gasteiger partial charge in [-0.3, -0.25) is 9.59 Å². The van der Waals surface area contributed by atoms with Gasteiger partial charge in [-0.05, 0) is 31.9 Å². The lowest BCUT2D eigenvalue weighted by Gasteiger charge is -2.33. The Morgan fingerprint density at radius 2 is 1.91 bits per heavy atom. The summed E-state index contributed by atoms with van der Waals surface area (Å²) >= 11 is 0. The maximum atomic E-state index is 12.9. The van der Waals surface area contributed by atoms with Crippen molar-refractivity contribution in [3.8, 4) is 0 Å². The Morgan fingerprint density at radius 1 is 1.22 bits per heavy atom. The van der Waals surface area contributed by atoms with E-state index < -0.39 is 11.9 Å². The van der Waals surface area contributed by atoms with Gasteiger partial charge in [-0.25, -0.2) is 0 Å². The zero-order chi connectivity index (χ0) is 16.7. The standard InChI is InChI=1S/C17H20N2O4/c1-9-4-5-10(2)14-13(9)11(3)15(23-14)17(21)19-6-7-22-8-12(19)16(18)20/h4-5,12H,6-8H2,1-3H3,(H2,18,20). The summed E-state index contributed by atoms with van der Waals surface area (Å²) in [5.74, 6) is -0.616. The van der Waals surface area contributed by atoms with Gasteiger partial charge in [0.15, 0.2) is 5.76 Å². The van der Waals surface area contributed by atoms with Gasteiger partial charge in [0.25, 0.3) is 5.91 Å². The van der Waals surface area contributed by atoms with E-state index >= 15 is 0 Å². The lowest BCUT2D eigenvalue weighted by Crippen LogP contribution is -2.54. The average Bonchev–Trinajstić information content (AvgIpc) is 2.89. The number of rotatable bonds is 2. The lowest BCUT2D eigenvalue weighted by atomic mass is 10.0. The number of hydrogen-bond acceptors (Lipinski definition) is 4. The number of carbonyl (C=O) groups excluding carboxylic acids is 2. The molecule has 6 nitrogen and oxygen atoms in total. The minimum Gasteiger partial charge on any atom is -0.450 e. The van der Waals surface area contributed by atoms with Gasteiger partial charge in [-0.15, -0.1) is 0 Å². The van der Waals surface area contributed by atoms with Crippen LogP contribution in [0.2, 0.25) is 0 Å². The fourth-order valence-electron chi connectivity index (χ4n) is 3.09. The van der Waals surface area contributed by atoms with Crippen LogP contribution in [-0.4, -0.2) is 42.5 Å². The number of morpholine rings is 1. The highest BCUT2D eigenvalue weighted by atomic mass is 16.5. The van der Waals surface area contributed by atoms with Gasteiger partial charge in [0.05, 0.1) is 13.2 Å². The molecule has 1 unspecified atom stereocenters. The smallest absolute Gasteiger partial charge is 0.290 e. The van der Waals surface area contributed by atoms with Crippen LogP contribution in [0, 0.1) is 20.8 Å². The number of ether oxygens (including phenoxy) is 1. The number of primary amides is 1. The number of nitrogens with two attached hydrogens (primary N) is 1. The van der Waals surface area contributed by atoms with Gasteiger partial charge in [-0.1, -0.05) is 12.1 Å². The van der Waals surface area contributed by atoms with Crippen LogP contribution in [0.25, 0.3) is 11.0 Å². The number of fused-ring (bicyclic) bond motifs is 1. The second kappa shape index (κ2) is 5.70. The quantitative estimate of drug-likeness (QED) is 0.913. The van der Waals surface area contributed by atoms with E-state index in [4.69, 9.17) is 14.9 Å². The minimum atomic E-state index is -0.758. The molecule has 1 aromatic heterocycles. The molecule has 3 rings (SSSR count). The minimum absolute atomic E-state index is 0.123. The summed E-state index contributed by atoms with van der Waals surface area (Å²) in [7, 11) is 0. The number of benzene rings is 1. The van der Waals surface area contributed by atoms with Gasteiger partial charge in [-0.2, -0.15) is 0 Å². The Hall–Kier alpha value is -2.34. The van der Waals surface area contributed by atoms with Crippen LogP contribution < -0.4 is 5.73 Å². The Labute approximate surface area is 134 Å². The third kappa shape index (κ3) is 2.49. The molecule has 1 aromatic carbocycles. The van der Waals surface area contributed by atoms with Crippen molar-refractivity contribution in [2.75, 3.05) is 19.8 Å². The van der Waals surface area contributed by atoms with Crippen LogP contribution in [-0.2, 0) is 9.53 Å². The molecule has 1 saturated heterocycles. The first kappa shape index (κ1) is 15.6.